The summed E-state index contributed by atoms with van der Waals surface area (Å²) < 4.78 is 1.80. The number of carbonyl (C=O) groups is 1. The van der Waals surface area contributed by atoms with Crippen LogP contribution in [0.2, 0.25) is 0 Å². The number of rotatable bonds is 4. The maximum atomic E-state index is 13.1. The Morgan fingerprint density at radius 1 is 1.16 bits per heavy atom. The van der Waals surface area contributed by atoms with E-state index in [4.69, 9.17) is 0 Å². The number of aliphatic hydroxyl groups is 1. The van der Waals surface area contributed by atoms with Gasteiger partial charge in [-0.15, -0.1) is 0 Å². The molecule has 1 fully saturated rings. The highest BCUT2D eigenvalue weighted by Gasteiger charge is 2.38. The highest BCUT2D eigenvalue weighted by molar-refractivity contribution is 5.99. The summed E-state index contributed by atoms with van der Waals surface area (Å²) >= 11 is 0. The van der Waals surface area contributed by atoms with Gasteiger partial charge in [-0.05, 0) is 73.9 Å². The van der Waals surface area contributed by atoms with Gasteiger partial charge in [-0.3, -0.25) is 14.5 Å². The molecule has 1 N–H and O–H groups in total. The second kappa shape index (κ2) is 7.61. The number of aromatic nitrogens is 3. The number of nitrogens with zero attached hydrogens (tertiary/aromatic N) is 4. The summed E-state index contributed by atoms with van der Waals surface area (Å²) in [5.41, 5.74) is 8.24. The third kappa shape index (κ3) is 3.55. The Labute approximate surface area is 182 Å². The predicted octanol–water partition coefficient (Wildman–Crippen LogP) is 3.56. The van der Waals surface area contributed by atoms with Crippen LogP contribution in [0.15, 0.2) is 36.7 Å². The number of hydrogen-bond donors (Lipinski definition) is 1. The summed E-state index contributed by atoms with van der Waals surface area (Å²) in [6.45, 7) is 4.70. The quantitative estimate of drug-likeness (QED) is 0.706. The Hall–Kier alpha value is -2.99. The van der Waals surface area contributed by atoms with E-state index in [0.717, 1.165) is 64.9 Å². The molecule has 6 heteroatoms. The molecule has 0 spiro atoms. The second-order valence-electron chi connectivity index (χ2n) is 8.96. The van der Waals surface area contributed by atoms with Gasteiger partial charge in [-0.25, -0.2) is 0 Å². The summed E-state index contributed by atoms with van der Waals surface area (Å²) in [6, 6.07) is 8.29. The number of fused-ring (bicyclic) bond motifs is 1. The van der Waals surface area contributed by atoms with E-state index in [0.29, 0.717) is 6.54 Å². The lowest BCUT2D eigenvalue weighted by molar-refractivity contribution is 0.0479. The van der Waals surface area contributed by atoms with Crippen LogP contribution in [0.4, 0.5) is 0 Å². The van der Waals surface area contributed by atoms with E-state index in [1.54, 1.807) is 4.68 Å². The summed E-state index contributed by atoms with van der Waals surface area (Å²) in [4.78, 5) is 19.6. The number of hydrogen-bond acceptors (Lipinski definition) is 4. The van der Waals surface area contributed by atoms with E-state index < -0.39 is 6.10 Å². The smallest absolute Gasteiger partial charge is 0.254 e. The monoisotopic (exact) mass is 416 g/mol. The lowest BCUT2D eigenvalue weighted by Gasteiger charge is -2.26. The molecule has 6 nitrogen and oxygen atoms in total. The van der Waals surface area contributed by atoms with Crippen molar-refractivity contribution in [1.82, 2.24) is 19.7 Å². The molecule has 2 aromatic heterocycles. The average Bonchev–Trinajstić information content (AvgIpc) is 3.40. The Kier molecular flexibility index (Phi) is 4.89. The first kappa shape index (κ1) is 19.9. The molecule has 2 atom stereocenters. The van der Waals surface area contributed by atoms with Crippen molar-refractivity contribution >= 4 is 5.91 Å². The van der Waals surface area contributed by atoms with E-state index in [-0.39, 0.29) is 11.9 Å². The molecule has 1 amide bonds. The fourth-order valence-electron chi connectivity index (χ4n) is 5.05. The van der Waals surface area contributed by atoms with Crippen LogP contribution in [0.5, 0.6) is 0 Å². The zero-order valence-electron chi connectivity index (χ0n) is 18.3. The highest BCUT2D eigenvalue weighted by Crippen LogP contribution is 2.33. The summed E-state index contributed by atoms with van der Waals surface area (Å²) in [7, 11) is 1.91. The molecule has 3 aromatic rings. The number of aliphatic hydroxyl groups excluding tert-OH is 1. The highest BCUT2D eigenvalue weighted by atomic mass is 16.3. The van der Waals surface area contributed by atoms with Crippen LogP contribution in [0.3, 0.4) is 0 Å². The second-order valence-corrected chi connectivity index (χ2v) is 8.96. The first-order valence-corrected chi connectivity index (χ1v) is 11.0. The summed E-state index contributed by atoms with van der Waals surface area (Å²) in [5.74, 6) is 0.0581. The van der Waals surface area contributed by atoms with Crippen LogP contribution >= 0.6 is 0 Å². The van der Waals surface area contributed by atoms with E-state index in [1.807, 2.05) is 43.4 Å². The summed E-state index contributed by atoms with van der Waals surface area (Å²) in [6.07, 6.45) is 6.90. The molecule has 3 heterocycles. The van der Waals surface area contributed by atoms with E-state index in [2.05, 4.69) is 29.1 Å². The summed E-state index contributed by atoms with van der Waals surface area (Å²) in [5, 5.41) is 14.7. The molecular weight excluding hydrogens is 388 g/mol. The van der Waals surface area contributed by atoms with Gasteiger partial charge in [0.1, 0.15) is 0 Å². The third-order valence-corrected chi connectivity index (χ3v) is 6.75. The molecule has 31 heavy (non-hydrogen) atoms. The van der Waals surface area contributed by atoms with Gasteiger partial charge in [0.25, 0.3) is 5.91 Å². The average molecular weight is 417 g/mol. The Balaban J connectivity index is 1.37. The molecule has 1 saturated carbocycles. The van der Waals surface area contributed by atoms with Crippen LogP contribution < -0.4 is 0 Å². The zero-order valence-corrected chi connectivity index (χ0v) is 18.3. The molecule has 1 aliphatic carbocycles. The van der Waals surface area contributed by atoms with Crippen LogP contribution in [0.1, 0.15) is 57.6 Å². The number of benzene rings is 1. The van der Waals surface area contributed by atoms with Crippen molar-refractivity contribution in [2.24, 2.45) is 7.05 Å². The molecule has 1 aromatic carbocycles. The zero-order chi connectivity index (χ0) is 21.7. The topological polar surface area (TPSA) is 71.2 Å². The van der Waals surface area contributed by atoms with Gasteiger partial charge < -0.3 is 10.0 Å². The van der Waals surface area contributed by atoms with Gasteiger partial charge in [0.2, 0.25) is 0 Å². The van der Waals surface area contributed by atoms with Gasteiger partial charge in [-0.1, -0.05) is 12.1 Å². The van der Waals surface area contributed by atoms with Gasteiger partial charge in [0.05, 0.1) is 23.5 Å². The molecule has 0 saturated heterocycles. The molecule has 0 bridgehead atoms. The minimum absolute atomic E-state index is 0.0451. The molecule has 0 unspecified atom stereocenters. The van der Waals surface area contributed by atoms with Crippen molar-refractivity contribution in [1.29, 1.82) is 0 Å². The van der Waals surface area contributed by atoms with Gasteiger partial charge in [0, 0.05) is 37.1 Å². The molecule has 5 rings (SSSR count). The predicted molar refractivity (Wildman–Crippen MR) is 119 cm³/mol. The van der Waals surface area contributed by atoms with Crippen molar-refractivity contribution in [3.63, 3.8) is 0 Å². The molecular formula is C25H28N4O2. The van der Waals surface area contributed by atoms with Crippen molar-refractivity contribution in [2.45, 2.75) is 58.2 Å². The SMILES string of the molecule is Cc1cc2c(cc1Cc1ccc(-c3cn(C)nc3C)nc1)C(=O)N([C@H]1CCC[C@@H]1O)C2. The fourth-order valence-corrected chi connectivity index (χ4v) is 5.05. The van der Waals surface area contributed by atoms with Crippen LogP contribution in [0, 0.1) is 13.8 Å². The molecule has 1 aliphatic heterocycles. The van der Waals surface area contributed by atoms with Crippen molar-refractivity contribution < 1.29 is 9.90 Å². The fraction of sp³-hybridized carbons (Fsp3) is 0.400. The van der Waals surface area contributed by atoms with Crippen molar-refractivity contribution in [3.05, 3.63) is 70.2 Å². The lowest BCUT2D eigenvalue weighted by Crippen LogP contribution is -2.40. The van der Waals surface area contributed by atoms with E-state index in [9.17, 15) is 9.90 Å². The maximum absolute atomic E-state index is 13.1. The number of amides is 1. The van der Waals surface area contributed by atoms with Crippen molar-refractivity contribution in [2.75, 3.05) is 0 Å². The third-order valence-electron chi connectivity index (χ3n) is 6.75. The Morgan fingerprint density at radius 3 is 2.65 bits per heavy atom. The van der Waals surface area contributed by atoms with Crippen LogP contribution in [0.25, 0.3) is 11.3 Å². The normalized spacial score (nSPS) is 20.5. The standard InChI is InChI=1S/C25H28N4O2/c1-15-9-19-13-29(23-5-4-6-24(23)30)25(31)20(19)11-18(15)10-17-7-8-22(26-12-17)21-14-28(3)27-16(21)2/h7-9,11-12,14,23-24,30H,4-6,10,13H2,1-3H3/t23-,24-/m0/s1. The Morgan fingerprint density at radius 2 is 2.00 bits per heavy atom. The number of carbonyl (C=O) groups excluding carboxylic acids is 1. The minimum atomic E-state index is -0.396. The van der Waals surface area contributed by atoms with E-state index in [1.165, 1.54) is 5.56 Å². The van der Waals surface area contributed by atoms with Crippen molar-refractivity contribution in [3.8, 4) is 11.3 Å². The first-order valence-electron chi connectivity index (χ1n) is 11.0. The van der Waals surface area contributed by atoms with Gasteiger partial charge >= 0.3 is 0 Å². The van der Waals surface area contributed by atoms with Gasteiger partial charge in [-0.2, -0.15) is 5.10 Å². The van der Waals surface area contributed by atoms with Crippen LogP contribution in [-0.4, -0.2) is 42.8 Å². The Bertz CT molecular complexity index is 1150. The number of aryl methyl sites for hydroxylation is 3. The number of pyridine rings is 1. The maximum Gasteiger partial charge on any atom is 0.254 e. The first-order chi connectivity index (χ1) is 14.9. The van der Waals surface area contributed by atoms with Gasteiger partial charge in [0.15, 0.2) is 0 Å². The molecule has 2 aliphatic rings. The molecule has 0 radical (unpaired) electrons. The lowest BCUT2D eigenvalue weighted by atomic mass is 9.96. The largest absolute Gasteiger partial charge is 0.391 e. The minimum Gasteiger partial charge on any atom is -0.391 e. The van der Waals surface area contributed by atoms with E-state index >= 15 is 0 Å². The van der Waals surface area contributed by atoms with Crippen LogP contribution in [-0.2, 0) is 20.0 Å². The molecule has 160 valence electrons.